The Balaban J connectivity index is -0.000000926. The van der Waals surface area contributed by atoms with Crippen molar-refractivity contribution in [3.8, 4) is 0 Å². The van der Waals surface area contributed by atoms with Crippen molar-refractivity contribution in [3.05, 3.63) is 0 Å². The minimum Gasteiger partial charge on any atom is -0.550 e. The van der Waals surface area contributed by atoms with E-state index in [2.05, 4.69) is 37.5 Å². The molecule has 0 unspecified atom stereocenters. The Kier molecular flexibility index (Phi) is 54.3. The molecule has 53 heavy (non-hydrogen) atoms. The third kappa shape index (κ3) is 52.1. The molecular formula is C46H92CaN2O4. The Morgan fingerprint density at radius 1 is 0.302 bits per heavy atom. The summed E-state index contributed by atoms with van der Waals surface area (Å²) in [5.41, 5.74) is 0. The van der Waals surface area contributed by atoms with Crippen molar-refractivity contribution in [2.75, 3.05) is 39.3 Å². The summed E-state index contributed by atoms with van der Waals surface area (Å²) in [6.07, 6.45) is 42.8. The second kappa shape index (κ2) is 50.1. The molecular weight excluding hydrogens is 685 g/mol. The maximum absolute atomic E-state index is 10.8. The van der Waals surface area contributed by atoms with Gasteiger partial charge in [0.25, 0.3) is 0 Å². The molecule has 0 aliphatic rings. The van der Waals surface area contributed by atoms with Crippen LogP contribution in [0.3, 0.4) is 0 Å². The van der Waals surface area contributed by atoms with Crippen molar-refractivity contribution in [1.82, 2.24) is 9.80 Å². The first-order valence-corrected chi connectivity index (χ1v) is 23.2. The van der Waals surface area contributed by atoms with Crippen LogP contribution in [0.5, 0.6) is 0 Å². The number of unbranched alkanes of at least 4 members (excludes halogenated alkanes) is 28. The molecule has 0 atom stereocenters. The average molecular weight is 777 g/mol. The zero-order valence-electron chi connectivity index (χ0n) is 36.5. The summed E-state index contributed by atoms with van der Waals surface area (Å²) in [5.74, 6) is -1.83. The molecule has 0 aromatic heterocycles. The van der Waals surface area contributed by atoms with Crippen molar-refractivity contribution < 1.29 is 19.8 Å². The van der Waals surface area contributed by atoms with Crippen LogP contribution >= 0.6 is 0 Å². The SMILES string of the molecule is CCCCCCCCCCN(CCCCCCCCCC)CCC(=O)[O-].CCCCCCCCCCN(CCCCCCCCCC)CCC(=O)[O-].[Ca+2]. The monoisotopic (exact) mass is 777 g/mol. The number of carbonyl (C=O) groups is 2. The van der Waals surface area contributed by atoms with Gasteiger partial charge in [-0.1, -0.05) is 207 Å². The molecule has 0 aromatic carbocycles. The van der Waals surface area contributed by atoms with E-state index in [9.17, 15) is 19.8 Å². The van der Waals surface area contributed by atoms with Crippen molar-refractivity contribution in [3.63, 3.8) is 0 Å². The summed E-state index contributed by atoms with van der Waals surface area (Å²) in [6, 6.07) is 0. The molecule has 0 fully saturated rings. The van der Waals surface area contributed by atoms with Crippen LogP contribution in [-0.2, 0) is 9.59 Å². The summed E-state index contributed by atoms with van der Waals surface area (Å²) in [7, 11) is 0. The van der Waals surface area contributed by atoms with Crippen LogP contribution in [0.15, 0.2) is 0 Å². The molecule has 0 spiro atoms. The Hall–Kier alpha value is 0.120. The van der Waals surface area contributed by atoms with Gasteiger partial charge in [-0.2, -0.15) is 0 Å². The molecule has 0 saturated heterocycles. The Labute approximate surface area is 362 Å². The van der Waals surface area contributed by atoms with E-state index in [4.69, 9.17) is 0 Å². The second-order valence-electron chi connectivity index (χ2n) is 15.8. The number of carbonyl (C=O) groups excluding carboxylic acids is 2. The number of nitrogens with zero attached hydrogens (tertiary/aromatic N) is 2. The van der Waals surface area contributed by atoms with E-state index >= 15 is 0 Å². The largest absolute Gasteiger partial charge is 2.00 e. The molecule has 0 N–H and O–H groups in total. The normalized spacial score (nSPS) is 11.1. The van der Waals surface area contributed by atoms with Crippen molar-refractivity contribution in [2.45, 2.75) is 246 Å². The fourth-order valence-corrected chi connectivity index (χ4v) is 7.05. The first kappa shape index (κ1) is 57.4. The molecule has 0 aromatic rings. The average Bonchev–Trinajstić information content (AvgIpc) is 3.13. The first-order valence-electron chi connectivity index (χ1n) is 23.2. The first-order chi connectivity index (χ1) is 25.4. The van der Waals surface area contributed by atoms with Crippen molar-refractivity contribution in [2.24, 2.45) is 0 Å². The van der Waals surface area contributed by atoms with E-state index in [1.165, 1.54) is 205 Å². The van der Waals surface area contributed by atoms with Gasteiger partial charge in [-0.3, -0.25) is 0 Å². The number of hydrogen-bond donors (Lipinski definition) is 0. The van der Waals surface area contributed by atoms with Crippen molar-refractivity contribution in [1.29, 1.82) is 0 Å². The summed E-state index contributed by atoms with van der Waals surface area (Å²) in [4.78, 5) is 26.2. The number of rotatable bonds is 42. The molecule has 6 nitrogen and oxygen atoms in total. The van der Waals surface area contributed by atoms with E-state index < -0.39 is 11.9 Å². The number of carboxylic acids is 2. The predicted octanol–water partition coefficient (Wildman–Crippen LogP) is 11.0. The maximum Gasteiger partial charge on any atom is 2.00 e. The summed E-state index contributed by atoms with van der Waals surface area (Å²) in [5, 5.41) is 21.5. The van der Waals surface area contributed by atoms with E-state index in [1.807, 2.05) is 0 Å². The van der Waals surface area contributed by atoms with Crippen LogP contribution in [0.4, 0.5) is 0 Å². The van der Waals surface area contributed by atoms with Gasteiger partial charge in [-0.15, -0.1) is 0 Å². The Bertz CT molecular complexity index is 613. The summed E-state index contributed by atoms with van der Waals surface area (Å²) >= 11 is 0. The van der Waals surface area contributed by atoms with Gasteiger partial charge in [-0.25, -0.2) is 0 Å². The van der Waals surface area contributed by atoms with Crippen LogP contribution in [-0.4, -0.2) is 98.7 Å². The zero-order chi connectivity index (χ0) is 38.6. The van der Waals surface area contributed by atoms with Gasteiger partial charge in [0.15, 0.2) is 0 Å². The molecule has 0 aliphatic carbocycles. The van der Waals surface area contributed by atoms with E-state index in [0.717, 1.165) is 26.2 Å². The standard InChI is InChI=1S/2C23H47NO2.Ca/c2*1-3-5-7-9-11-13-15-17-20-24(22-19-23(25)26)21-18-16-14-12-10-8-6-4-2;/h2*3-22H2,1-2H3,(H,25,26);/q;;+2/p-2. The third-order valence-corrected chi connectivity index (χ3v) is 10.6. The molecule has 312 valence electrons. The predicted molar refractivity (Wildman–Crippen MR) is 228 cm³/mol. The van der Waals surface area contributed by atoms with Gasteiger partial charge in [0.1, 0.15) is 0 Å². The van der Waals surface area contributed by atoms with Crippen LogP contribution in [0, 0.1) is 0 Å². The zero-order valence-corrected chi connectivity index (χ0v) is 38.7. The van der Waals surface area contributed by atoms with E-state index in [-0.39, 0.29) is 50.6 Å². The van der Waals surface area contributed by atoms with E-state index in [0.29, 0.717) is 13.1 Å². The van der Waals surface area contributed by atoms with Crippen LogP contribution < -0.4 is 10.2 Å². The van der Waals surface area contributed by atoms with Crippen LogP contribution in [0.2, 0.25) is 0 Å². The third-order valence-electron chi connectivity index (χ3n) is 10.6. The molecule has 0 aliphatic heterocycles. The summed E-state index contributed by atoms with van der Waals surface area (Å²) in [6.45, 7) is 14.6. The molecule has 0 saturated carbocycles. The van der Waals surface area contributed by atoms with Gasteiger partial charge in [0.05, 0.1) is 0 Å². The Morgan fingerprint density at radius 2 is 0.472 bits per heavy atom. The number of aliphatic carboxylic acids is 2. The molecule has 7 heteroatoms. The topological polar surface area (TPSA) is 86.7 Å². The molecule has 0 heterocycles. The van der Waals surface area contributed by atoms with Gasteiger partial charge in [-0.05, 0) is 64.7 Å². The minimum atomic E-state index is -0.915. The Morgan fingerprint density at radius 3 is 0.642 bits per heavy atom. The van der Waals surface area contributed by atoms with Crippen molar-refractivity contribution >= 4 is 49.7 Å². The van der Waals surface area contributed by atoms with Crippen LogP contribution in [0.25, 0.3) is 0 Å². The van der Waals surface area contributed by atoms with Gasteiger partial charge in [0, 0.05) is 25.0 Å². The second-order valence-corrected chi connectivity index (χ2v) is 15.8. The fraction of sp³-hybridized carbons (Fsp3) is 0.957. The quantitative estimate of drug-likeness (QED) is 0.0453. The molecule has 0 rings (SSSR count). The van der Waals surface area contributed by atoms with Gasteiger partial charge >= 0.3 is 37.7 Å². The maximum atomic E-state index is 10.8. The van der Waals surface area contributed by atoms with Gasteiger partial charge in [0.2, 0.25) is 0 Å². The van der Waals surface area contributed by atoms with Gasteiger partial charge < -0.3 is 29.6 Å². The molecule has 0 radical (unpaired) electrons. The fourth-order valence-electron chi connectivity index (χ4n) is 7.05. The number of hydrogen-bond acceptors (Lipinski definition) is 6. The minimum absolute atomic E-state index is 0. The molecule has 0 bridgehead atoms. The smallest absolute Gasteiger partial charge is 0.550 e. The van der Waals surface area contributed by atoms with E-state index in [1.54, 1.807) is 0 Å². The molecule has 0 amide bonds. The number of carboxylic acid groups (broad SMARTS) is 2. The summed E-state index contributed by atoms with van der Waals surface area (Å²) < 4.78 is 0. The van der Waals surface area contributed by atoms with Crippen LogP contribution in [0.1, 0.15) is 246 Å².